The summed E-state index contributed by atoms with van der Waals surface area (Å²) >= 11 is 7.38. The van der Waals surface area contributed by atoms with Crippen molar-refractivity contribution in [3.8, 4) is 0 Å². The van der Waals surface area contributed by atoms with Crippen LogP contribution < -0.4 is 0 Å². The number of carbonyl (C=O) groups excluding carboxylic acids is 1. The van der Waals surface area contributed by atoms with Crippen molar-refractivity contribution >= 4 is 28.2 Å². The molecule has 0 spiro atoms. The van der Waals surface area contributed by atoms with Gasteiger partial charge in [0.15, 0.2) is 0 Å². The number of halogens is 1. The van der Waals surface area contributed by atoms with Gasteiger partial charge >= 0.3 is 0 Å². The number of aryl methyl sites for hydroxylation is 1. The number of hydrogen-bond acceptors (Lipinski definition) is 2. The number of carbonyl (C=O) groups is 1. The van der Waals surface area contributed by atoms with Crippen LogP contribution in [0.3, 0.4) is 0 Å². The third kappa shape index (κ3) is 1.32. The summed E-state index contributed by atoms with van der Waals surface area (Å²) in [6.45, 7) is 1.95. The molecule has 1 nitrogen and oxygen atoms in total. The zero-order valence-electron chi connectivity index (χ0n) is 7.47. The van der Waals surface area contributed by atoms with Crippen LogP contribution in [0.5, 0.6) is 0 Å². The van der Waals surface area contributed by atoms with Crippen molar-refractivity contribution in [1.29, 1.82) is 0 Å². The van der Waals surface area contributed by atoms with Crippen molar-refractivity contribution in [2.45, 2.75) is 31.6 Å². The molecule has 1 heterocycles. The molecule has 1 aromatic heterocycles. The lowest BCUT2D eigenvalue weighted by Gasteiger charge is -2.30. The minimum absolute atomic E-state index is 0.216. The Morgan fingerprint density at radius 1 is 1.69 bits per heavy atom. The highest BCUT2D eigenvalue weighted by Crippen LogP contribution is 2.41. The third-order valence-electron chi connectivity index (χ3n) is 2.85. The van der Waals surface area contributed by atoms with Gasteiger partial charge in [-0.15, -0.1) is 11.3 Å². The zero-order chi connectivity index (χ0) is 9.47. The molecule has 0 amide bonds. The van der Waals surface area contributed by atoms with E-state index in [1.54, 1.807) is 11.3 Å². The van der Waals surface area contributed by atoms with Gasteiger partial charge in [0.1, 0.15) is 0 Å². The molecule has 0 unspecified atom stereocenters. The highest BCUT2D eigenvalue weighted by molar-refractivity contribution is 7.10. The van der Waals surface area contributed by atoms with Gasteiger partial charge in [-0.25, -0.2) is 0 Å². The first kappa shape index (κ1) is 9.22. The fourth-order valence-corrected chi connectivity index (χ4v) is 3.21. The van der Waals surface area contributed by atoms with Crippen LogP contribution in [-0.4, -0.2) is 5.24 Å². The Morgan fingerprint density at radius 3 is 3.15 bits per heavy atom. The molecule has 13 heavy (non-hydrogen) atoms. The molecule has 0 fully saturated rings. The first-order valence-electron chi connectivity index (χ1n) is 4.41. The molecule has 0 saturated heterocycles. The van der Waals surface area contributed by atoms with Crippen LogP contribution in [0.2, 0.25) is 0 Å². The van der Waals surface area contributed by atoms with Gasteiger partial charge in [0, 0.05) is 4.88 Å². The van der Waals surface area contributed by atoms with E-state index in [1.807, 2.05) is 18.4 Å². The zero-order valence-corrected chi connectivity index (χ0v) is 9.04. The van der Waals surface area contributed by atoms with Gasteiger partial charge < -0.3 is 0 Å². The molecule has 1 atom stereocenters. The summed E-state index contributed by atoms with van der Waals surface area (Å²) < 4.78 is 0. The van der Waals surface area contributed by atoms with E-state index in [2.05, 4.69) is 0 Å². The van der Waals surface area contributed by atoms with Crippen LogP contribution in [-0.2, 0) is 16.6 Å². The van der Waals surface area contributed by atoms with Gasteiger partial charge in [-0.1, -0.05) is 0 Å². The lowest BCUT2D eigenvalue weighted by molar-refractivity contribution is -0.116. The topological polar surface area (TPSA) is 17.1 Å². The van der Waals surface area contributed by atoms with E-state index in [0.717, 1.165) is 24.8 Å². The van der Waals surface area contributed by atoms with Crippen LogP contribution in [0.1, 0.15) is 30.2 Å². The van der Waals surface area contributed by atoms with Crippen molar-refractivity contribution in [3.05, 3.63) is 21.9 Å². The molecule has 1 aromatic rings. The Hall–Kier alpha value is -0.340. The Balaban J connectivity index is 2.51. The van der Waals surface area contributed by atoms with Crippen LogP contribution in [0.4, 0.5) is 0 Å². The maximum Gasteiger partial charge on any atom is 0.231 e. The second-order valence-corrected chi connectivity index (χ2v) is 5.06. The molecule has 1 aliphatic rings. The van der Waals surface area contributed by atoms with Gasteiger partial charge in [-0.05, 0) is 54.8 Å². The molecule has 2 rings (SSSR count). The summed E-state index contributed by atoms with van der Waals surface area (Å²) in [4.78, 5) is 12.7. The molecular weight excluding hydrogens is 204 g/mol. The Bertz CT molecular complexity index is 344. The summed E-state index contributed by atoms with van der Waals surface area (Å²) in [6.07, 6.45) is 3.06. The van der Waals surface area contributed by atoms with E-state index in [4.69, 9.17) is 11.6 Å². The fourth-order valence-electron chi connectivity index (χ4n) is 1.97. The van der Waals surface area contributed by atoms with Gasteiger partial charge in [0.05, 0.1) is 5.41 Å². The monoisotopic (exact) mass is 214 g/mol. The maximum absolute atomic E-state index is 11.4. The second-order valence-electron chi connectivity index (χ2n) is 3.72. The van der Waals surface area contributed by atoms with Gasteiger partial charge in [-0.2, -0.15) is 0 Å². The predicted molar refractivity (Wildman–Crippen MR) is 55.5 cm³/mol. The maximum atomic E-state index is 11.4. The lowest BCUT2D eigenvalue weighted by Crippen LogP contribution is -2.32. The molecule has 0 bridgehead atoms. The van der Waals surface area contributed by atoms with Crippen LogP contribution in [0.15, 0.2) is 11.4 Å². The first-order chi connectivity index (χ1) is 6.14. The van der Waals surface area contributed by atoms with E-state index in [1.165, 1.54) is 4.88 Å². The molecule has 1 aliphatic carbocycles. The molecule has 0 aliphatic heterocycles. The fraction of sp³-hybridized carbons (Fsp3) is 0.500. The Labute approximate surface area is 86.7 Å². The highest BCUT2D eigenvalue weighted by Gasteiger charge is 2.38. The van der Waals surface area contributed by atoms with Crippen molar-refractivity contribution in [1.82, 2.24) is 0 Å². The number of fused-ring (bicyclic) bond motifs is 1. The van der Waals surface area contributed by atoms with E-state index in [9.17, 15) is 4.79 Å². The van der Waals surface area contributed by atoms with Crippen LogP contribution in [0, 0.1) is 0 Å². The smallest absolute Gasteiger partial charge is 0.231 e. The van der Waals surface area contributed by atoms with Crippen molar-refractivity contribution < 1.29 is 4.79 Å². The SMILES string of the molecule is C[C@@]1(C(=O)Cl)CCCc2sccc21. The Morgan fingerprint density at radius 2 is 2.46 bits per heavy atom. The Kier molecular flexibility index (Phi) is 2.20. The predicted octanol–water partition coefficient (Wildman–Crippen LogP) is 3.11. The summed E-state index contributed by atoms with van der Waals surface area (Å²) in [5, 5.41) is 1.83. The van der Waals surface area contributed by atoms with Crippen molar-refractivity contribution in [2.75, 3.05) is 0 Å². The van der Waals surface area contributed by atoms with Crippen molar-refractivity contribution in [3.63, 3.8) is 0 Å². The second kappa shape index (κ2) is 3.10. The summed E-state index contributed by atoms with van der Waals surface area (Å²) in [5.74, 6) is 0. The number of rotatable bonds is 1. The molecule has 70 valence electrons. The number of thiophene rings is 1. The lowest BCUT2D eigenvalue weighted by atomic mass is 9.75. The molecule has 0 saturated carbocycles. The molecule has 0 aromatic carbocycles. The minimum atomic E-state index is -0.421. The minimum Gasteiger partial charge on any atom is -0.280 e. The summed E-state index contributed by atoms with van der Waals surface area (Å²) in [7, 11) is 0. The van der Waals surface area contributed by atoms with Gasteiger partial charge in [0.2, 0.25) is 5.24 Å². The first-order valence-corrected chi connectivity index (χ1v) is 5.67. The average molecular weight is 215 g/mol. The molecule has 3 heteroatoms. The van der Waals surface area contributed by atoms with E-state index in [0.29, 0.717) is 0 Å². The third-order valence-corrected chi connectivity index (χ3v) is 4.25. The molecular formula is C10H11ClOS. The van der Waals surface area contributed by atoms with Gasteiger partial charge in [-0.3, -0.25) is 4.79 Å². The van der Waals surface area contributed by atoms with Crippen LogP contribution in [0.25, 0.3) is 0 Å². The summed E-state index contributed by atoms with van der Waals surface area (Å²) in [6, 6.07) is 2.04. The van der Waals surface area contributed by atoms with Crippen LogP contribution >= 0.6 is 22.9 Å². The molecule has 0 N–H and O–H groups in total. The van der Waals surface area contributed by atoms with Crippen molar-refractivity contribution in [2.24, 2.45) is 0 Å². The standard InChI is InChI=1S/C10H11ClOS/c1-10(9(11)12)5-2-3-8-7(10)4-6-13-8/h4,6H,2-3,5H2,1H3/t10-/m1/s1. The van der Waals surface area contributed by atoms with Gasteiger partial charge in [0.25, 0.3) is 0 Å². The van der Waals surface area contributed by atoms with E-state index < -0.39 is 5.41 Å². The van der Waals surface area contributed by atoms with E-state index >= 15 is 0 Å². The van der Waals surface area contributed by atoms with E-state index in [-0.39, 0.29) is 5.24 Å². The number of hydrogen-bond donors (Lipinski definition) is 0. The normalized spacial score (nSPS) is 26.9. The largest absolute Gasteiger partial charge is 0.280 e. The highest BCUT2D eigenvalue weighted by atomic mass is 35.5. The quantitative estimate of drug-likeness (QED) is 0.657. The average Bonchev–Trinajstić information content (AvgIpc) is 2.53. The molecule has 0 radical (unpaired) electrons. The summed E-state index contributed by atoms with van der Waals surface area (Å²) in [5.41, 5.74) is 0.735.